The molecular formula is C22H24N2O9. The Hall–Kier alpha value is -3.25. The van der Waals surface area contributed by atoms with E-state index in [1.165, 1.54) is 39.2 Å². The maximum Gasteiger partial charge on any atom is 0.256 e. The third kappa shape index (κ3) is 2.50. The first-order valence-electron chi connectivity index (χ1n) is 10.1. The van der Waals surface area contributed by atoms with Gasteiger partial charge in [-0.3, -0.25) is 19.3 Å². The van der Waals surface area contributed by atoms with Crippen molar-refractivity contribution in [2.45, 2.75) is 30.3 Å². The Morgan fingerprint density at radius 2 is 1.70 bits per heavy atom. The molecule has 4 rings (SSSR count). The average Bonchev–Trinajstić information content (AvgIpc) is 2.72. The van der Waals surface area contributed by atoms with Gasteiger partial charge in [-0.25, -0.2) is 0 Å². The Morgan fingerprint density at radius 1 is 1.09 bits per heavy atom. The number of nitrogens with two attached hydrogens (primary N) is 1. The highest BCUT2D eigenvalue weighted by molar-refractivity contribution is 6.33. The van der Waals surface area contributed by atoms with Crippen LogP contribution in [0.25, 0.3) is 5.76 Å². The summed E-state index contributed by atoms with van der Waals surface area (Å²) >= 11 is 0. The van der Waals surface area contributed by atoms with E-state index >= 15 is 0 Å². The van der Waals surface area contributed by atoms with Gasteiger partial charge >= 0.3 is 0 Å². The van der Waals surface area contributed by atoms with Gasteiger partial charge in [-0.2, -0.15) is 0 Å². The molecule has 1 fully saturated rings. The van der Waals surface area contributed by atoms with E-state index in [0.29, 0.717) is 0 Å². The molecule has 1 aromatic carbocycles. The minimum atomic E-state index is -3.10. The Morgan fingerprint density at radius 3 is 2.24 bits per heavy atom. The van der Waals surface area contributed by atoms with Gasteiger partial charge in [0.25, 0.3) is 5.91 Å². The minimum absolute atomic E-state index is 0.0834. The van der Waals surface area contributed by atoms with Gasteiger partial charge < -0.3 is 36.4 Å². The molecule has 3 aliphatic rings. The van der Waals surface area contributed by atoms with Crippen molar-refractivity contribution in [2.24, 2.45) is 17.6 Å². The Labute approximate surface area is 187 Å². The Balaban J connectivity index is 2.07. The summed E-state index contributed by atoms with van der Waals surface area (Å²) in [5, 5.41) is 66.3. The van der Waals surface area contributed by atoms with Crippen LogP contribution in [-0.2, 0) is 20.0 Å². The van der Waals surface area contributed by atoms with Crippen LogP contribution in [0, 0.1) is 11.8 Å². The molecule has 5 atom stereocenters. The summed E-state index contributed by atoms with van der Waals surface area (Å²) in [6.45, 7) is 1.32. The lowest BCUT2D eigenvalue weighted by Gasteiger charge is -2.55. The lowest BCUT2D eigenvalue weighted by Crippen LogP contribution is -2.73. The van der Waals surface area contributed by atoms with E-state index in [0.717, 1.165) is 4.90 Å². The second-order valence-electron chi connectivity index (χ2n) is 9.08. The highest BCUT2D eigenvalue weighted by Crippen LogP contribution is 2.58. The van der Waals surface area contributed by atoms with Gasteiger partial charge in [-0.15, -0.1) is 0 Å². The Kier molecular flexibility index (Phi) is 4.61. The largest absolute Gasteiger partial charge is 0.507 e. The van der Waals surface area contributed by atoms with Crippen LogP contribution in [0.15, 0.2) is 35.1 Å². The quantitative estimate of drug-likeness (QED) is 0.162. The van der Waals surface area contributed by atoms with E-state index in [1.807, 2.05) is 0 Å². The number of aliphatic hydroxyl groups is 5. The topological polar surface area (TPSA) is 202 Å². The summed E-state index contributed by atoms with van der Waals surface area (Å²) in [7, 11) is 2.56. The van der Waals surface area contributed by atoms with Crippen molar-refractivity contribution in [3.05, 3.63) is 46.2 Å². The molecule has 0 bridgehead atoms. The van der Waals surface area contributed by atoms with Crippen molar-refractivity contribution >= 4 is 23.2 Å². The zero-order chi connectivity index (χ0) is 24.8. The summed E-state index contributed by atoms with van der Waals surface area (Å²) < 4.78 is 0. The maximum absolute atomic E-state index is 13.7. The van der Waals surface area contributed by atoms with Crippen LogP contribution in [0.3, 0.4) is 0 Å². The van der Waals surface area contributed by atoms with Crippen molar-refractivity contribution in [1.29, 1.82) is 0 Å². The molecule has 3 aliphatic carbocycles. The molecule has 176 valence electrons. The van der Waals surface area contributed by atoms with E-state index in [2.05, 4.69) is 0 Å². The van der Waals surface area contributed by atoms with Gasteiger partial charge in [-0.1, -0.05) is 12.1 Å². The summed E-state index contributed by atoms with van der Waals surface area (Å²) in [6, 6.07) is 4.08. The summed E-state index contributed by atoms with van der Waals surface area (Å²) in [5.41, 5.74) is -4.24. The number of hydrogen-bond acceptors (Lipinski definition) is 10. The number of rotatable bonds is 2. The first-order valence-corrected chi connectivity index (χ1v) is 10.1. The van der Waals surface area contributed by atoms with Gasteiger partial charge in [-0.05, 0) is 39.1 Å². The number of phenolic OH excluding ortho intramolecular Hbond substituents is 1. The van der Waals surface area contributed by atoms with Crippen molar-refractivity contribution in [3.63, 3.8) is 0 Å². The molecule has 8 N–H and O–H groups in total. The first-order chi connectivity index (χ1) is 15.1. The zero-order valence-electron chi connectivity index (χ0n) is 18.0. The summed E-state index contributed by atoms with van der Waals surface area (Å²) in [6.07, 6.45) is -0.472. The van der Waals surface area contributed by atoms with Crippen molar-refractivity contribution in [2.75, 3.05) is 14.1 Å². The number of carbonyl (C=O) groups is 3. The molecular weight excluding hydrogens is 436 g/mol. The monoisotopic (exact) mass is 460 g/mol. The second-order valence-corrected chi connectivity index (χ2v) is 9.08. The number of phenols is 1. The first kappa shape index (κ1) is 22.9. The predicted molar refractivity (Wildman–Crippen MR) is 111 cm³/mol. The summed E-state index contributed by atoms with van der Waals surface area (Å²) in [5.74, 6) is -9.73. The highest BCUT2D eigenvalue weighted by Gasteiger charge is 2.71. The number of carbonyl (C=O) groups excluding carboxylic acids is 3. The van der Waals surface area contributed by atoms with E-state index in [1.54, 1.807) is 0 Å². The molecule has 1 amide bonds. The van der Waals surface area contributed by atoms with Crippen LogP contribution in [0.5, 0.6) is 5.75 Å². The number of hydrogen-bond donors (Lipinski definition) is 7. The SMILES string of the molecule is CN(C)C1(O)C(O)=C(C(N)=O)C(=O)[C@@]2(O)C(=O)C3=C(O)c4c(O)cccc4[C@@](C)(O)[C@H]3C[C@@H]12. The lowest BCUT2D eigenvalue weighted by molar-refractivity contribution is -0.209. The number of fused-ring (bicyclic) bond motifs is 3. The number of ketones is 2. The van der Waals surface area contributed by atoms with E-state index in [9.17, 15) is 45.0 Å². The third-order valence-electron chi connectivity index (χ3n) is 7.25. The fraction of sp³-hybridized carbons (Fsp3) is 0.409. The smallest absolute Gasteiger partial charge is 0.256 e. The number of nitrogens with zero attached hydrogens (tertiary/aromatic N) is 1. The van der Waals surface area contributed by atoms with Gasteiger partial charge in [0.05, 0.1) is 17.1 Å². The standard InChI is InChI=1S/C22H24N2O9/c1-20(31)8-5-4-6-10(25)12(8)15(26)13-9(20)7-11-21(32,16(13)27)17(28)14(19(23)30)18(29)22(11,33)24(2)3/h4-6,9,11,25-26,29,31-33H,7H2,1-3H3,(H2,23,30)/t9-,11+,20+,21-,22?/m0/s1. The van der Waals surface area contributed by atoms with Gasteiger partial charge in [0.1, 0.15) is 17.1 Å². The fourth-order valence-electron chi connectivity index (χ4n) is 5.48. The van der Waals surface area contributed by atoms with Gasteiger partial charge in [0.15, 0.2) is 17.1 Å². The fourth-order valence-corrected chi connectivity index (χ4v) is 5.48. The van der Waals surface area contributed by atoms with Crippen LogP contribution in [0.1, 0.15) is 24.5 Å². The molecule has 0 aromatic heterocycles. The van der Waals surface area contributed by atoms with Gasteiger partial charge in [0.2, 0.25) is 11.6 Å². The second kappa shape index (κ2) is 6.64. The van der Waals surface area contributed by atoms with Crippen LogP contribution in [-0.4, -0.2) is 78.4 Å². The molecule has 1 aromatic rings. The average molecular weight is 460 g/mol. The molecule has 33 heavy (non-hydrogen) atoms. The number of primary amides is 1. The highest BCUT2D eigenvalue weighted by atomic mass is 16.4. The normalized spacial score (nSPS) is 36.0. The van der Waals surface area contributed by atoms with E-state index in [-0.39, 0.29) is 11.1 Å². The molecule has 0 spiro atoms. The van der Waals surface area contributed by atoms with Crippen molar-refractivity contribution in [3.8, 4) is 5.75 Å². The molecule has 1 unspecified atom stereocenters. The zero-order valence-corrected chi connectivity index (χ0v) is 18.0. The maximum atomic E-state index is 13.7. The molecule has 11 heteroatoms. The van der Waals surface area contributed by atoms with Crippen LogP contribution < -0.4 is 5.73 Å². The molecule has 11 nitrogen and oxygen atoms in total. The van der Waals surface area contributed by atoms with E-state index < -0.39 is 81.1 Å². The number of Topliss-reactive ketones (excluding diaryl/α,β-unsaturated/α-hetero) is 2. The van der Waals surface area contributed by atoms with Crippen LogP contribution in [0.2, 0.25) is 0 Å². The lowest BCUT2D eigenvalue weighted by atomic mass is 9.53. The van der Waals surface area contributed by atoms with Crippen LogP contribution in [0.4, 0.5) is 0 Å². The van der Waals surface area contributed by atoms with E-state index in [4.69, 9.17) is 5.73 Å². The molecule has 0 heterocycles. The summed E-state index contributed by atoms with van der Waals surface area (Å²) in [4.78, 5) is 39.8. The third-order valence-corrected chi connectivity index (χ3v) is 7.25. The number of likely N-dealkylation sites (N-methyl/N-ethyl adjacent to an activating group) is 1. The van der Waals surface area contributed by atoms with Crippen molar-refractivity contribution < 1.29 is 45.0 Å². The van der Waals surface area contributed by atoms with Crippen LogP contribution >= 0.6 is 0 Å². The molecule has 0 saturated heterocycles. The number of amides is 1. The molecule has 0 aliphatic heterocycles. The molecule has 0 radical (unpaired) electrons. The number of benzene rings is 1. The number of aliphatic hydroxyl groups excluding tert-OH is 2. The molecule has 1 saturated carbocycles. The number of aromatic hydroxyl groups is 1. The Bertz CT molecular complexity index is 1200. The minimum Gasteiger partial charge on any atom is -0.507 e. The van der Waals surface area contributed by atoms with Crippen molar-refractivity contribution in [1.82, 2.24) is 4.90 Å². The predicted octanol–water partition coefficient (Wildman–Crippen LogP) is -1.05. The van der Waals surface area contributed by atoms with Gasteiger partial charge in [0, 0.05) is 11.5 Å².